The lowest BCUT2D eigenvalue weighted by Crippen LogP contribution is -2.55. The first-order valence-corrected chi connectivity index (χ1v) is 6.99. The molecule has 2 rings (SSSR count). The number of urea groups is 1. The van der Waals surface area contributed by atoms with Gasteiger partial charge in [-0.2, -0.15) is 5.26 Å². The molecule has 0 saturated carbocycles. The molecular weight excluding hydrogens is 260 g/mol. The van der Waals surface area contributed by atoms with Gasteiger partial charge in [0.15, 0.2) is 5.75 Å². The van der Waals surface area contributed by atoms with Gasteiger partial charge in [0, 0.05) is 13.1 Å². The number of carbonyl (C=O) groups excluding carboxylic acids is 2. The lowest BCUT2D eigenvalue weighted by Gasteiger charge is -2.35. The first kappa shape index (κ1) is 12.8. The highest BCUT2D eigenvalue weighted by molar-refractivity contribution is 7.89. The Hall–Kier alpha value is -1.66. The molecule has 0 unspecified atom stereocenters. The number of nitrogens with zero attached hydrogens (tertiary/aromatic N) is 2. The molecule has 2 aliphatic heterocycles. The first-order valence-electron chi connectivity index (χ1n) is 5.38. The van der Waals surface area contributed by atoms with Gasteiger partial charge in [-0.3, -0.25) is 10.1 Å². The highest BCUT2D eigenvalue weighted by Gasteiger charge is 2.49. The van der Waals surface area contributed by atoms with Crippen molar-refractivity contribution in [3.63, 3.8) is 0 Å². The van der Waals surface area contributed by atoms with Gasteiger partial charge in [0.05, 0.1) is 6.07 Å². The Morgan fingerprint density at radius 2 is 1.94 bits per heavy atom. The van der Waals surface area contributed by atoms with E-state index in [1.54, 1.807) is 6.07 Å². The van der Waals surface area contributed by atoms with Gasteiger partial charge in [0.2, 0.25) is 10.0 Å². The van der Waals surface area contributed by atoms with Crippen LogP contribution in [0.2, 0.25) is 0 Å². The van der Waals surface area contributed by atoms with Crippen molar-refractivity contribution >= 4 is 22.0 Å². The van der Waals surface area contributed by atoms with Gasteiger partial charge < -0.3 is 5.32 Å². The van der Waals surface area contributed by atoms with Crippen molar-refractivity contribution in [2.24, 2.45) is 0 Å². The van der Waals surface area contributed by atoms with Crippen molar-refractivity contribution in [1.82, 2.24) is 14.9 Å². The van der Waals surface area contributed by atoms with Crippen molar-refractivity contribution in [3.05, 3.63) is 0 Å². The predicted octanol–water partition coefficient (Wildman–Crippen LogP) is -1.49. The SMILES string of the molecule is N#CCS(=O)(=O)N1CCC2(CC1)NC(=O)NC2=O. The van der Waals surface area contributed by atoms with E-state index < -0.39 is 33.3 Å². The van der Waals surface area contributed by atoms with Gasteiger partial charge in [0.1, 0.15) is 5.54 Å². The lowest BCUT2D eigenvalue weighted by molar-refractivity contribution is -0.125. The second-order valence-corrected chi connectivity index (χ2v) is 6.27. The summed E-state index contributed by atoms with van der Waals surface area (Å²) in [5.41, 5.74) is -0.990. The minimum absolute atomic E-state index is 0.123. The molecule has 98 valence electrons. The van der Waals surface area contributed by atoms with E-state index >= 15 is 0 Å². The molecule has 1 spiro atoms. The van der Waals surface area contributed by atoms with Gasteiger partial charge in [0.25, 0.3) is 5.91 Å². The largest absolute Gasteiger partial charge is 0.323 e. The van der Waals surface area contributed by atoms with Crippen LogP contribution in [-0.2, 0) is 14.8 Å². The van der Waals surface area contributed by atoms with Crippen LogP contribution in [-0.4, -0.2) is 49.0 Å². The Bertz CT molecular complexity index is 527. The minimum Gasteiger partial charge on any atom is -0.323 e. The van der Waals surface area contributed by atoms with Gasteiger partial charge in [-0.05, 0) is 12.8 Å². The van der Waals surface area contributed by atoms with Crippen LogP contribution in [0.5, 0.6) is 0 Å². The van der Waals surface area contributed by atoms with E-state index in [-0.39, 0.29) is 25.9 Å². The number of amides is 3. The fourth-order valence-corrected chi connectivity index (χ4v) is 3.28. The average Bonchev–Trinajstić information content (AvgIpc) is 2.54. The maximum atomic E-state index is 11.7. The highest BCUT2D eigenvalue weighted by atomic mass is 32.2. The minimum atomic E-state index is -3.58. The van der Waals surface area contributed by atoms with Crippen LogP contribution in [0.3, 0.4) is 0 Å². The number of hydrogen-bond donors (Lipinski definition) is 2. The molecule has 0 atom stereocenters. The number of rotatable bonds is 2. The average molecular weight is 272 g/mol. The van der Waals surface area contributed by atoms with Crippen LogP contribution >= 0.6 is 0 Å². The summed E-state index contributed by atoms with van der Waals surface area (Å²) in [6.07, 6.45) is 0.435. The summed E-state index contributed by atoms with van der Waals surface area (Å²) in [6.45, 7) is 0.245. The van der Waals surface area contributed by atoms with E-state index in [2.05, 4.69) is 10.6 Å². The van der Waals surface area contributed by atoms with E-state index in [1.165, 1.54) is 4.31 Å². The summed E-state index contributed by atoms with van der Waals surface area (Å²) in [5.74, 6) is -0.983. The third kappa shape index (κ3) is 2.04. The van der Waals surface area contributed by atoms with Gasteiger partial charge in [-0.1, -0.05) is 0 Å². The van der Waals surface area contributed by atoms with Gasteiger partial charge >= 0.3 is 6.03 Å². The fourth-order valence-electron chi connectivity index (χ4n) is 2.20. The summed E-state index contributed by atoms with van der Waals surface area (Å²) in [7, 11) is -3.58. The zero-order valence-electron chi connectivity index (χ0n) is 9.47. The molecule has 0 aliphatic carbocycles. The second-order valence-electron chi connectivity index (χ2n) is 4.30. The zero-order chi connectivity index (χ0) is 13.4. The smallest absolute Gasteiger partial charge is 0.322 e. The summed E-state index contributed by atoms with van der Waals surface area (Å²) in [4.78, 5) is 22.7. The maximum Gasteiger partial charge on any atom is 0.322 e. The van der Waals surface area contributed by atoms with Crippen LogP contribution in [0.4, 0.5) is 4.79 Å². The molecule has 0 radical (unpaired) electrons. The van der Waals surface area contributed by atoms with Crippen molar-refractivity contribution in [2.45, 2.75) is 18.4 Å². The van der Waals surface area contributed by atoms with Crippen LogP contribution in [0.15, 0.2) is 0 Å². The van der Waals surface area contributed by atoms with Crippen LogP contribution in [0.25, 0.3) is 0 Å². The highest BCUT2D eigenvalue weighted by Crippen LogP contribution is 2.26. The molecule has 2 N–H and O–H groups in total. The fraction of sp³-hybridized carbons (Fsp3) is 0.667. The van der Waals surface area contributed by atoms with E-state index in [9.17, 15) is 18.0 Å². The molecule has 2 heterocycles. The maximum absolute atomic E-state index is 11.7. The molecule has 0 aromatic carbocycles. The Morgan fingerprint density at radius 3 is 2.39 bits per heavy atom. The van der Waals surface area contributed by atoms with Gasteiger partial charge in [-0.25, -0.2) is 17.5 Å². The molecule has 0 aromatic rings. The molecule has 18 heavy (non-hydrogen) atoms. The topological polar surface area (TPSA) is 119 Å². The Balaban J connectivity index is 2.07. The first-order chi connectivity index (χ1) is 8.39. The molecular formula is C9H12N4O4S. The second kappa shape index (κ2) is 4.22. The van der Waals surface area contributed by atoms with Crippen LogP contribution in [0.1, 0.15) is 12.8 Å². The summed E-state index contributed by atoms with van der Waals surface area (Å²) >= 11 is 0. The number of piperidine rings is 1. The number of carbonyl (C=O) groups is 2. The molecule has 2 aliphatic rings. The molecule has 9 heteroatoms. The monoisotopic (exact) mass is 272 g/mol. The van der Waals surface area contributed by atoms with E-state index in [0.717, 1.165) is 0 Å². The number of nitrogens with one attached hydrogen (secondary N) is 2. The number of nitriles is 1. The zero-order valence-corrected chi connectivity index (χ0v) is 10.3. The molecule has 3 amide bonds. The normalized spacial score (nSPS) is 23.5. The van der Waals surface area contributed by atoms with Crippen molar-refractivity contribution < 1.29 is 18.0 Å². The molecule has 8 nitrogen and oxygen atoms in total. The van der Waals surface area contributed by atoms with Crippen LogP contribution in [0, 0.1) is 11.3 Å². The third-order valence-electron chi connectivity index (χ3n) is 3.23. The standard InChI is InChI=1S/C9H12N4O4S/c10-3-6-18(16,17)13-4-1-9(2-5-13)7(14)11-8(15)12-9/h1-2,4-6H2,(H2,11,12,14,15). The molecule has 0 bridgehead atoms. The predicted molar refractivity (Wildman–Crippen MR) is 59.6 cm³/mol. The number of sulfonamides is 1. The summed E-state index contributed by atoms with van der Waals surface area (Å²) in [6, 6.07) is 1.06. The van der Waals surface area contributed by atoms with E-state index in [1.807, 2.05) is 0 Å². The Labute approximate surface area is 104 Å². The van der Waals surface area contributed by atoms with E-state index in [4.69, 9.17) is 5.26 Å². The lowest BCUT2D eigenvalue weighted by atomic mass is 9.89. The van der Waals surface area contributed by atoms with Crippen molar-refractivity contribution in [3.8, 4) is 6.07 Å². The Kier molecular flexibility index (Phi) is 3.00. The summed E-state index contributed by atoms with van der Waals surface area (Å²) < 4.78 is 24.5. The number of hydrogen-bond acceptors (Lipinski definition) is 5. The van der Waals surface area contributed by atoms with Gasteiger partial charge in [-0.15, -0.1) is 0 Å². The quantitative estimate of drug-likeness (QED) is 0.594. The molecule has 0 aromatic heterocycles. The van der Waals surface area contributed by atoms with Crippen molar-refractivity contribution in [2.75, 3.05) is 18.8 Å². The number of imide groups is 1. The van der Waals surface area contributed by atoms with Crippen LogP contribution < -0.4 is 10.6 Å². The molecule has 2 saturated heterocycles. The third-order valence-corrected chi connectivity index (χ3v) is 4.88. The molecule has 2 fully saturated rings. The summed E-state index contributed by atoms with van der Waals surface area (Å²) in [5, 5.41) is 13.1. The van der Waals surface area contributed by atoms with E-state index in [0.29, 0.717) is 0 Å². The Morgan fingerprint density at radius 1 is 1.33 bits per heavy atom. The van der Waals surface area contributed by atoms with Crippen molar-refractivity contribution in [1.29, 1.82) is 5.26 Å².